The van der Waals surface area contributed by atoms with E-state index in [9.17, 15) is 27.9 Å². The number of amides is 2. The van der Waals surface area contributed by atoms with Crippen LogP contribution in [-0.4, -0.2) is 71.9 Å². The van der Waals surface area contributed by atoms with Crippen molar-refractivity contribution in [2.75, 3.05) is 20.6 Å². The Labute approximate surface area is 130 Å². The second-order valence-electron chi connectivity index (χ2n) is 5.16. The van der Waals surface area contributed by atoms with Crippen molar-refractivity contribution in [2.24, 2.45) is 11.7 Å². The first kappa shape index (κ1) is 21.1. The summed E-state index contributed by atoms with van der Waals surface area (Å²) in [4.78, 5) is 32.9. The zero-order valence-electron chi connectivity index (χ0n) is 12.6. The fourth-order valence-corrected chi connectivity index (χ4v) is 1.78. The SMILES string of the molecule is CN(C)C(=O)C(O)C(N)C[C@@H]1CCNC1=O.O=C(O)C(F)(F)F. The van der Waals surface area contributed by atoms with E-state index in [4.69, 9.17) is 15.6 Å². The van der Waals surface area contributed by atoms with Crippen molar-refractivity contribution in [3.05, 3.63) is 0 Å². The lowest BCUT2D eigenvalue weighted by molar-refractivity contribution is -0.192. The van der Waals surface area contributed by atoms with Gasteiger partial charge in [-0.1, -0.05) is 0 Å². The standard InChI is InChI=1S/C10H19N3O3.C2HF3O2/c1-13(2)10(16)8(14)7(11)5-6-3-4-12-9(6)15;3-2(4,5)1(6)7/h6-8,14H,3-5,11H2,1-2H3,(H,12,15);(H,6,7)/t6-,7?,8?;/m0./s1. The Morgan fingerprint density at radius 2 is 1.91 bits per heavy atom. The molecule has 8 nitrogen and oxygen atoms in total. The summed E-state index contributed by atoms with van der Waals surface area (Å²) in [6.45, 7) is 0.647. The number of nitrogens with two attached hydrogens (primary N) is 1. The lowest BCUT2D eigenvalue weighted by atomic mass is 9.95. The molecule has 0 aromatic carbocycles. The van der Waals surface area contributed by atoms with Gasteiger partial charge in [0.05, 0.1) is 0 Å². The first-order chi connectivity index (χ1) is 10.4. The minimum atomic E-state index is -5.08. The van der Waals surface area contributed by atoms with Gasteiger partial charge < -0.3 is 26.2 Å². The van der Waals surface area contributed by atoms with Crippen LogP contribution < -0.4 is 11.1 Å². The van der Waals surface area contributed by atoms with Gasteiger partial charge in [0.2, 0.25) is 5.91 Å². The number of carboxylic acid groups (broad SMARTS) is 1. The monoisotopic (exact) mass is 343 g/mol. The summed E-state index contributed by atoms with van der Waals surface area (Å²) in [7, 11) is 3.11. The third-order valence-electron chi connectivity index (χ3n) is 3.06. The number of carbonyl (C=O) groups is 3. The Morgan fingerprint density at radius 3 is 2.22 bits per heavy atom. The quantitative estimate of drug-likeness (QED) is 0.513. The van der Waals surface area contributed by atoms with E-state index >= 15 is 0 Å². The molecule has 3 atom stereocenters. The largest absolute Gasteiger partial charge is 0.490 e. The number of halogens is 3. The molecule has 0 aromatic heterocycles. The molecule has 134 valence electrons. The molecule has 0 radical (unpaired) electrons. The van der Waals surface area contributed by atoms with E-state index in [1.807, 2.05) is 0 Å². The van der Waals surface area contributed by atoms with Gasteiger partial charge >= 0.3 is 12.1 Å². The molecule has 1 fully saturated rings. The number of aliphatic hydroxyl groups excluding tert-OH is 1. The van der Waals surface area contributed by atoms with Gasteiger partial charge in [0.1, 0.15) is 6.10 Å². The molecule has 0 aliphatic carbocycles. The summed E-state index contributed by atoms with van der Waals surface area (Å²) in [5, 5.41) is 19.5. The molecule has 1 saturated heterocycles. The smallest absolute Gasteiger partial charge is 0.475 e. The highest BCUT2D eigenvalue weighted by Crippen LogP contribution is 2.17. The van der Waals surface area contributed by atoms with Gasteiger partial charge in [-0.2, -0.15) is 13.2 Å². The van der Waals surface area contributed by atoms with Crippen LogP contribution in [0.25, 0.3) is 0 Å². The van der Waals surface area contributed by atoms with Gasteiger partial charge in [0.25, 0.3) is 5.91 Å². The van der Waals surface area contributed by atoms with Crippen LogP contribution in [0.2, 0.25) is 0 Å². The maximum absolute atomic E-state index is 11.4. The number of carbonyl (C=O) groups excluding carboxylic acids is 2. The number of aliphatic carboxylic acids is 1. The van der Waals surface area contributed by atoms with Crippen LogP contribution >= 0.6 is 0 Å². The van der Waals surface area contributed by atoms with Gasteiger partial charge in [-0.15, -0.1) is 0 Å². The van der Waals surface area contributed by atoms with Crippen molar-refractivity contribution >= 4 is 17.8 Å². The number of aliphatic hydroxyl groups is 1. The molecule has 2 amide bonds. The van der Waals surface area contributed by atoms with Crippen molar-refractivity contribution in [3.8, 4) is 0 Å². The van der Waals surface area contributed by atoms with Crippen LogP contribution in [0.5, 0.6) is 0 Å². The Bertz CT molecular complexity index is 442. The minimum absolute atomic E-state index is 0.0417. The molecule has 0 spiro atoms. The summed E-state index contributed by atoms with van der Waals surface area (Å²) in [6, 6.07) is -0.691. The first-order valence-corrected chi connectivity index (χ1v) is 6.60. The van der Waals surface area contributed by atoms with E-state index in [0.29, 0.717) is 13.0 Å². The number of likely N-dealkylation sites (N-methyl/N-ethyl adjacent to an activating group) is 1. The Hall–Kier alpha value is -1.88. The Morgan fingerprint density at radius 1 is 1.43 bits per heavy atom. The van der Waals surface area contributed by atoms with E-state index in [2.05, 4.69) is 5.32 Å². The highest BCUT2D eigenvalue weighted by atomic mass is 19.4. The van der Waals surface area contributed by atoms with E-state index < -0.39 is 30.2 Å². The molecule has 11 heteroatoms. The predicted molar refractivity (Wildman–Crippen MR) is 72.1 cm³/mol. The van der Waals surface area contributed by atoms with Crippen molar-refractivity contribution in [1.82, 2.24) is 10.2 Å². The topological polar surface area (TPSA) is 133 Å². The molecule has 0 aromatic rings. The first-order valence-electron chi connectivity index (χ1n) is 6.60. The summed E-state index contributed by atoms with van der Waals surface area (Å²) in [5.74, 6) is -3.40. The number of hydrogen-bond acceptors (Lipinski definition) is 5. The van der Waals surface area contributed by atoms with Crippen molar-refractivity contribution in [1.29, 1.82) is 0 Å². The fourth-order valence-electron chi connectivity index (χ4n) is 1.78. The van der Waals surface area contributed by atoms with Crippen LogP contribution in [0.3, 0.4) is 0 Å². The molecule has 1 heterocycles. The molecule has 1 aliphatic heterocycles. The van der Waals surface area contributed by atoms with Crippen LogP contribution in [0.4, 0.5) is 13.2 Å². The molecule has 0 saturated carbocycles. The maximum Gasteiger partial charge on any atom is 0.490 e. The lowest BCUT2D eigenvalue weighted by Gasteiger charge is -2.22. The molecule has 23 heavy (non-hydrogen) atoms. The molecule has 1 aliphatic rings. The van der Waals surface area contributed by atoms with Crippen LogP contribution in [0.15, 0.2) is 0 Å². The number of nitrogens with zero attached hydrogens (tertiary/aromatic N) is 1. The zero-order valence-corrected chi connectivity index (χ0v) is 12.6. The van der Waals surface area contributed by atoms with Crippen LogP contribution in [0, 0.1) is 5.92 Å². The number of rotatable bonds is 4. The number of alkyl halides is 3. The highest BCUT2D eigenvalue weighted by Gasteiger charge is 2.38. The van der Waals surface area contributed by atoms with Crippen molar-refractivity contribution < 1.29 is 37.8 Å². The average Bonchev–Trinajstić information content (AvgIpc) is 2.82. The third-order valence-corrected chi connectivity index (χ3v) is 3.06. The van der Waals surface area contributed by atoms with Crippen LogP contribution in [0.1, 0.15) is 12.8 Å². The second-order valence-corrected chi connectivity index (χ2v) is 5.16. The summed E-state index contributed by atoms with van der Waals surface area (Å²) < 4.78 is 31.7. The summed E-state index contributed by atoms with van der Waals surface area (Å²) >= 11 is 0. The average molecular weight is 343 g/mol. The summed E-state index contributed by atoms with van der Waals surface area (Å²) in [5.41, 5.74) is 5.72. The molecule has 1 rings (SSSR count). The Balaban J connectivity index is 0.000000585. The highest BCUT2D eigenvalue weighted by molar-refractivity contribution is 5.82. The Kier molecular flexibility index (Phi) is 7.97. The molecule has 2 unspecified atom stereocenters. The van der Waals surface area contributed by atoms with E-state index in [-0.39, 0.29) is 11.8 Å². The minimum Gasteiger partial charge on any atom is -0.475 e. The van der Waals surface area contributed by atoms with Gasteiger partial charge in [0.15, 0.2) is 0 Å². The van der Waals surface area contributed by atoms with E-state index in [1.54, 1.807) is 14.1 Å². The number of hydrogen-bond donors (Lipinski definition) is 4. The van der Waals surface area contributed by atoms with Crippen LogP contribution in [-0.2, 0) is 14.4 Å². The second kappa shape index (κ2) is 8.67. The van der Waals surface area contributed by atoms with Crippen molar-refractivity contribution in [3.63, 3.8) is 0 Å². The van der Waals surface area contributed by atoms with E-state index in [0.717, 1.165) is 6.42 Å². The van der Waals surface area contributed by atoms with Gasteiger partial charge in [0, 0.05) is 32.6 Å². The van der Waals surface area contributed by atoms with Gasteiger partial charge in [-0.3, -0.25) is 9.59 Å². The number of nitrogens with one attached hydrogen (secondary N) is 1. The number of carboxylic acids is 1. The summed E-state index contributed by atoms with van der Waals surface area (Å²) in [6.07, 6.45) is -5.26. The zero-order chi connectivity index (χ0) is 18.4. The lowest BCUT2D eigenvalue weighted by Crippen LogP contribution is -2.47. The molecular weight excluding hydrogens is 323 g/mol. The molecular formula is C12H20F3N3O5. The third kappa shape index (κ3) is 7.28. The molecule has 0 bridgehead atoms. The normalized spacial score (nSPS) is 20.0. The predicted octanol–water partition coefficient (Wildman–Crippen LogP) is -1.08. The van der Waals surface area contributed by atoms with Gasteiger partial charge in [-0.05, 0) is 12.8 Å². The van der Waals surface area contributed by atoms with E-state index in [1.165, 1.54) is 4.90 Å². The maximum atomic E-state index is 11.4. The van der Waals surface area contributed by atoms with Crippen molar-refractivity contribution in [2.45, 2.75) is 31.2 Å². The fraction of sp³-hybridized carbons (Fsp3) is 0.750. The molecule has 5 N–H and O–H groups in total. The van der Waals surface area contributed by atoms with Gasteiger partial charge in [-0.25, -0.2) is 4.79 Å².